The molecule has 1 atom stereocenters. The second-order valence-corrected chi connectivity index (χ2v) is 10.4. The number of hydrogen-bond donors (Lipinski definition) is 1. The van der Waals surface area contributed by atoms with Gasteiger partial charge in [-0.15, -0.1) is 0 Å². The molecule has 3 aliphatic rings. The fourth-order valence-electron chi connectivity index (χ4n) is 5.65. The van der Waals surface area contributed by atoms with Crippen molar-refractivity contribution in [3.63, 3.8) is 0 Å². The van der Waals surface area contributed by atoms with Crippen molar-refractivity contribution >= 4 is 23.6 Å². The van der Waals surface area contributed by atoms with Gasteiger partial charge in [-0.3, -0.25) is 29.4 Å². The third-order valence-corrected chi connectivity index (χ3v) is 7.65. The molecular weight excluding hydrogens is 554 g/mol. The van der Waals surface area contributed by atoms with E-state index in [-0.39, 0.29) is 31.0 Å². The Bertz CT molecular complexity index is 1750. The molecular formula is C29H23N9O5. The zero-order chi connectivity index (χ0) is 29.5. The lowest BCUT2D eigenvalue weighted by Gasteiger charge is -2.29. The minimum atomic E-state index is -1.02. The Morgan fingerprint density at radius 1 is 0.814 bits per heavy atom. The SMILES string of the molecule is O=C1CCC(N2C(=O)C3=C(C2=O)N(Cc2nc(-c4cc(-c5cncnc5)cc(-c5cncnc5)c4)no2)CCC3)C(=O)N1. The average molecular weight is 578 g/mol. The summed E-state index contributed by atoms with van der Waals surface area (Å²) in [6.07, 6.45) is 10.9. The van der Waals surface area contributed by atoms with Gasteiger partial charge in [0.1, 0.15) is 24.4 Å². The predicted octanol–water partition coefficient (Wildman–Crippen LogP) is 1.67. The predicted molar refractivity (Wildman–Crippen MR) is 146 cm³/mol. The Balaban J connectivity index is 1.17. The Hall–Kier alpha value is -5.66. The van der Waals surface area contributed by atoms with E-state index < -0.39 is 29.7 Å². The number of amides is 4. The zero-order valence-electron chi connectivity index (χ0n) is 22.6. The Morgan fingerprint density at radius 3 is 2.12 bits per heavy atom. The molecule has 0 spiro atoms. The first-order valence-electron chi connectivity index (χ1n) is 13.6. The number of hydrogen-bond acceptors (Lipinski definition) is 12. The van der Waals surface area contributed by atoms with Crippen molar-refractivity contribution in [1.82, 2.24) is 45.2 Å². The van der Waals surface area contributed by atoms with E-state index in [1.165, 1.54) is 12.7 Å². The molecule has 214 valence electrons. The van der Waals surface area contributed by atoms with Gasteiger partial charge in [0.05, 0.1) is 6.54 Å². The number of nitrogens with one attached hydrogen (secondary N) is 1. The third-order valence-electron chi connectivity index (χ3n) is 7.65. The summed E-state index contributed by atoms with van der Waals surface area (Å²) in [5.74, 6) is -1.53. The van der Waals surface area contributed by atoms with Gasteiger partial charge in [-0.25, -0.2) is 19.9 Å². The molecule has 1 N–H and O–H groups in total. The molecule has 1 saturated heterocycles. The van der Waals surface area contributed by atoms with Crippen molar-refractivity contribution in [3.05, 3.63) is 72.8 Å². The molecule has 1 unspecified atom stereocenters. The van der Waals surface area contributed by atoms with E-state index >= 15 is 0 Å². The van der Waals surface area contributed by atoms with Crippen LogP contribution >= 0.6 is 0 Å². The van der Waals surface area contributed by atoms with E-state index in [1.807, 2.05) is 18.2 Å². The number of nitrogens with zero attached hydrogens (tertiary/aromatic N) is 8. The topological polar surface area (TPSA) is 177 Å². The van der Waals surface area contributed by atoms with Gasteiger partial charge in [-0.2, -0.15) is 4.98 Å². The lowest BCUT2D eigenvalue weighted by atomic mass is 9.98. The highest BCUT2D eigenvalue weighted by atomic mass is 16.5. The van der Waals surface area contributed by atoms with Crippen molar-refractivity contribution in [3.8, 4) is 33.6 Å². The number of rotatable bonds is 6. The Labute approximate surface area is 243 Å². The molecule has 14 heteroatoms. The summed E-state index contributed by atoms with van der Waals surface area (Å²) in [4.78, 5) is 74.7. The number of imide groups is 2. The van der Waals surface area contributed by atoms with Gasteiger partial charge in [-0.05, 0) is 48.6 Å². The highest BCUT2D eigenvalue weighted by Crippen LogP contribution is 2.35. The number of piperidine rings is 1. The smallest absolute Gasteiger partial charge is 0.278 e. The Morgan fingerprint density at radius 2 is 1.47 bits per heavy atom. The normalized spacial score (nSPS) is 18.7. The quantitative estimate of drug-likeness (QED) is 0.328. The van der Waals surface area contributed by atoms with Crippen LogP contribution in [-0.4, -0.2) is 76.1 Å². The second kappa shape index (κ2) is 10.6. The van der Waals surface area contributed by atoms with Gasteiger partial charge >= 0.3 is 0 Å². The molecule has 3 aliphatic heterocycles. The van der Waals surface area contributed by atoms with Crippen LogP contribution in [0.3, 0.4) is 0 Å². The fourth-order valence-corrected chi connectivity index (χ4v) is 5.65. The summed E-state index contributed by atoms with van der Waals surface area (Å²) in [5.41, 5.74) is 4.51. The van der Waals surface area contributed by atoms with Gasteiger partial charge in [-0.1, -0.05) is 5.16 Å². The molecule has 0 bridgehead atoms. The standard InChI is InChI=1S/C29H23N9O5/c39-23-4-3-22(27(40)34-23)38-28(41)21-2-1-5-37(25(21)29(38)42)13-24-35-26(36-43-24)18-7-16(19-9-30-14-31-10-19)6-17(8-18)20-11-32-15-33-12-20/h6-12,14-15,22H,1-5,13H2,(H,34,39,40). The number of carbonyl (C=O) groups is 4. The van der Waals surface area contributed by atoms with E-state index in [9.17, 15) is 19.2 Å². The van der Waals surface area contributed by atoms with Crippen molar-refractivity contribution in [2.75, 3.05) is 6.54 Å². The summed E-state index contributed by atoms with van der Waals surface area (Å²) < 4.78 is 5.61. The highest BCUT2D eigenvalue weighted by Gasteiger charge is 2.48. The molecule has 0 aliphatic carbocycles. The minimum absolute atomic E-state index is 0.0596. The van der Waals surface area contributed by atoms with Crippen LogP contribution in [0.5, 0.6) is 0 Å². The van der Waals surface area contributed by atoms with Gasteiger partial charge in [0.15, 0.2) is 0 Å². The molecule has 3 aromatic heterocycles. The van der Waals surface area contributed by atoms with Gasteiger partial charge < -0.3 is 9.42 Å². The first-order chi connectivity index (χ1) is 21.0. The van der Waals surface area contributed by atoms with Crippen LogP contribution in [0, 0.1) is 0 Å². The van der Waals surface area contributed by atoms with E-state index in [0.29, 0.717) is 36.3 Å². The summed E-state index contributed by atoms with van der Waals surface area (Å²) in [5, 5.41) is 6.43. The zero-order valence-corrected chi connectivity index (χ0v) is 22.6. The first-order valence-corrected chi connectivity index (χ1v) is 13.6. The highest BCUT2D eigenvalue weighted by molar-refractivity contribution is 6.21. The monoisotopic (exact) mass is 577 g/mol. The maximum atomic E-state index is 13.5. The minimum Gasteiger partial charge on any atom is -0.357 e. The van der Waals surface area contributed by atoms with E-state index in [4.69, 9.17) is 4.52 Å². The molecule has 14 nitrogen and oxygen atoms in total. The average Bonchev–Trinajstić information content (AvgIpc) is 3.60. The summed E-state index contributed by atoms with van der Waals surface area (Å²) in [7, 11) is 0. The third kappa shape index (κ3) is 4.81. The van der Waals surface area contributed by atoms with Crippen LogP contribution < -0.4 is 5.32 Å². The molecule has 43 heavy (non-hydrogen) atoms. The molecule has 6 heterocycles. The van der Waals surface area contributed by atoms with Gasteiger partial charge in [0.2, 0.25) is 23.5 Å². The van der Waals surface area contributed by atoms with Crippen molar-refractivity contribution in [2.24, 2.45) is 0 Å². The van der Waals surface area contributed by atoms with Gasteiger partial charge in [0, 0.05) is 60.0 Å². The molecule has 4 amide bonds. The van der Waals surface area contributed by atoms with E-state index in [0.717, 1.165) is 27.2 Å². The summed E-state index contributed by atoms with van der Waals surface area (Å²) in [6.45, 7) is 0.583. The molecule has 0 saturated carbocycles. The lowest BCUT2D eigenvalue weighted by Crippen LogP contribution is -2.55. The fraction of sp³-hybridized carbons (Fsp3) is 0.241. The van der Waals surface area contributed by atoms with Crippen molar-refractivity contribution in [1.29, 1.82) is 0 Å². The van der Waals surface area contributed by atoms with E-state index in [1.54, 1.807) is 29.7 Å². The number of carbonyl (C=O) groups excluding carboxylic acids is 4. The molecule has 1 fully saturated rings. The maximum absolute atomic E-state index is 13.5. The maximum Gasteiger partial charge on any atom is 0.278 e. The van der Waals surface area contributed by atoms with Crippen molar-refractivity contribution < 1.29 is 23.7 Å². The van der Waals surface area contributed by atoms with E-state index in [2.05, 4.69) is 35.4 Å². The van der Waals surface area contributed by atoms with Crippen LogP contribution in [0.15, 0.2) is 71.4 Å². The van der Waals surface area contributed by atoms with Crippen LogP contribution in [0.25, 0.3) is 33.6 Å². The molecule has 1 aromatic carbocycles. The second-order valence-electron chi connectivity index (χ2n) is 10.4. The molecule has 0 radical (unpaired) electrons. The first kappa shape index (κ1) is 26.3. The van der Waals surface area contributed by atoms with Crippen LogP contribution in [0.1, 0.15) is 31.6 Å². The van der Waals surface area contributed by atoms with Crippen LogP contribution in [0.4, 0.5) is 0 Å². The largest absolute Gasteiger partial charge is 0.357 e. The van der Waals surface area contributed by atoms with Gasteiger partial charge in [0.25, 0.3) is 11.8 Å². The summed E-state index contributed by atoms with van der Waals surface area (Å²) >= 11 is 0. The van der Waals surface area contributed by atoms with Crippen LogP contribution in [-0.2, 0) is 25.7 Å². The molecule has 7 rings (SSSR count). The van der Waals surface area contributed by atoms with Crippen LogP contribution in [0.2, 0.25) is 0 Å². The number of aromatic nitrogens is 6. The number of benzene rings is 1. The molecule has 4 aromatic rings. The van der Waals surface area contributed by atoms with Crippen molar-refractivity contribution in [2.45, 2.75) is 38.3 Å². The Kier molecular flexibility index (Phi) is 6.49. The summed E-state index contributed by atoms with van der Waals surface area (Å²) in [6, 6.07) is 4.76. The lowest BCUT2D eigenvalue weighted by molar-refractivity contribution is -0.150.